The van der Waals surface area contributed by atoms with Crippen molar-refractivity contribution in [3.8, 4) is 11.5 Å². The van der Waals surface area contributed by atoms with Gasteiger partial charge in [-0.05, 0) is 84.3 Å². The fraction of sp³-hybridized carbons (Fsp3) is 0.406. The third kappa shape index (κ3) is 8.14. The van der Waals surface area contributed by atoms with E-state index in [4.69, 9.17) is 37.4 Å². The summed E-state index contributed by atoms with van der Waals surface area (Å²) in [6.07, 6.45) is 3.07. The molecule has 1 heterocycles. The number of unbranched alkanes of at least 4 members (excludes halogenated alkanes) is 1. The summed E-state index contributed by atoms with van der Waals surface area (Å²) < 4.78 is 17.8. The van der Waals surface area contributed by atoms with Gasteiger partial charge in [-0.25, -0.2) is 0 Å². The van der Waals surface area contributed by atoms with E-state index in [0.29, 0.717) is 46.5 Å². The van der Waals surface area contributed by atoms with Crippen LogP contribution in [0.4, 0.5) is 5.69 Å². The zero-order valence-corrected chi connectivity index (χ0v) is 24.3. The van der Waals surface area contributed by atoms with E-state index in [9.17, 15) is 4.79 Å². The minimum absolute atomic E-state index is 0.0152. The zero-order chi connectivity index (χ0) is 27.8. The predicted octanol–water partition coefficient (Wildman–Crippen LogP) is 8.71. The Bertz CT molecular complexity index is 1210. The first-order valence-corrected chi connectivity index (χ1v) is 14.4. The number of anilines is 1. The lowest BCUT2D eigenvalue weighted by molar-refractivity contribution is -0.118. The molecule has 5 nitrogen and oxygen atoms in total. The molecular formula is C32H37Cl2NO4. The van der Waals surface area contributed by atoms with Gasteiger partial charge < -0.3 is 19.5 Å². The largest absolute Gasteiger partial charge is 0.494 e. The SMILES string of the molecule is CCCCOc1ccc(NC(=O)COc2ccc([C@@H]3OC[C@@H](c4ccc(Cl)cc4Cl)C[C@H]3C(C)C)cc2)cc1. The van der Waals surface area contributed by atoms with E-state index in [0.717, 1.165) is 36.1 Å². The molecule has 0 aliphatic carbocycles. The predicted molar refractivity (Wildman–Crippen MR) is 158 cm³/mol. The Kier molecular flexibility index (Phi) is 10.6. The molecule has 39 heavy (non-hydrogen) atoms. The molecule has 1 saturated heterocycles. The second-order valence-electron chi connectivity index (χ2n) is 10.4. The summed E-state index contributed by atoms with van der Waals surface area (Å²) >= 11 is 12.6. The van der Waals surface area contributed by atoms with Gasteiger partial charge >= 0.3 is 0 Å². The van der Waals surface area contributed by atoms with Gasteiger partial charge in [-0.3, -0.25) is 4.79 Å². The number of halogens is 2. The number of carbonyl (C=O) groups excluding carboxylic acids is 1. The van der Waals surface area contributed by atoms with Crippen molar-refractivity contribution in [2.45, 2.75) is 52.1 Å². The summed E-state index contributed by atoms with van der Waals surface area (Å²) in [6, 6.07) is 20.9. The van der Waals surface area contributed by atoms with Crippen LogP contribution in [-0.2, 0) is 9.53 Å². The van der Waals surface area contributed by atoms with Crippen LogP contribution < -0.4 is 14.8 Å². The number of rotatable bonds is 11. The summed E-state index contributed by atoms with van der Waals surface area (Å²) in [5.74, 6) is 2.20. The van der Waals surface area contributed by atoms with Crippen molar-refractivity contribution in [1.29, 1.82) is 0 Å². The Morgan fingerprint density at radius 2 is 1.69 bits per heavy atom. The van der Waals surface area contributed by atoms with Gasteiger partial charge in [-0.2, -0.15) is 0 Å². The van der Waals surface area contributed by atoms with Gasteiger partial charge in [0.05, 0.1) is 19.3 Å². The summed E-state index contributed by atoms with van der Waals surface area (Å²) in [6.45, 7) is 7.80. The Balaban J connectivity index is 1.30. The molecule has 3 atom stereocenters. The van der Waals surface area contributed by atoms with Gasteiger partial charge in [-0.15, -0.1) is 0 Å². The van der Waals surface area contributed by atoms with Crippen molar-refractivity contribution >= 4 is 34.8 Å². The molecule has 1 aliphatic rings. The Labute approximate surface area is 241 Å². The van der Waals surface area contributed by atoms with Crippen molar-refractivity contribution in [2.24, 2.45) is 11.8 Å². The number of nitrogens with one attached hydrogen (secondary N) is 1. The molecule has 1 fully saturated rings. The maximum Gasteiger partial charge on any atom is 0.262 e. The van der Waals surface area contributed by atoms with Gasteiger partial charge in [0, 0.05) is 21.7 Å². The lowest BCUT2D eigenvalue weighted by atomic mass is 9.76. The molecule has 0 aromatic heterocycles. The van der Waals surface area contributed by atoms with Crippen molar-refractivity contribution in [3.63, 3.8) is 0 Å². The Morgan fingerprint density at radius 3 is 2.36 bits per heavy atom. The molecule has 1 amide bonds. The maximum absolute atomic E-state index is 12.4. The van der Waals surface area contributed by atoms with Crippen LogP contribution in [0.15, 0.2) is 66.7 Å². The number of ether oxygens (including phenoxy) is 3. The summed E-state index contributed by atoms with van der Waals surface area (Å²) in [5.41, 5.74) is 2.89. The average Bonchev–Trinajstić information content (AvgIpc) is 2.93. The number of hydrogen-bond acceptors (Lipinski definition) is 4. The summed E-state index contributed by atoms with van der Waals surface area (Å²) in [4.78, 5) is 12.4. The minimum atomic E-state index is -0.221. The van der Waals surface area contributed by atoms with E-state index in [1.807, 2.05) is 60.7 Å². The minimum Gasteiger partial charge on any atom is -0.494 e. The van der Waals surface area contributed by atoms with Gasteiger partial charge in [-0.1, -0.05) is 68.6 Å². The van der Waals surface area contributed by atoms with E-state index < -0.39 is 0 Å². The lowest BCUT2D eigenvalue weighted by Gasteiger charge is -2.39. The molecule has 0 unspecified atom stereocenters. The second-order valence-corrected chi connectivity index (χ2v) is 11.2. The Hall–Kier alpha value is -2.73. The fourth-order valence-corrected chi connectivity index (χ4v) is 5.51. The number of hydrogen-bond donors (Lipinski definition) is 1. The highest BCUT2D eigenvalue weighted by atomic mass is 35.5. The third-order valence-electron chi connectivity index (χ3n) is 7.16. The van der Waals surface area contributed by atoms with Crippen LogP contribution in [0.2, 0.25) is 10.0 Å². The van der Waals surface area contributed by atoms with Crippen LogP contribution >= 0.6 is 23.2 Å². The Morgan fingerprint density at radius 1 is 1.00 bits per heavy atom. The molecule has 208 valence electrons. The number of benzene rings is 3. The van der Waals surface area contributed by atoms with Crippen molar-refractivity contribution in [2.75, 3.05) is 25.1 Å². The van der Waals surface area contributed by atoms with Crippen LogP contribution in [0.5, 0.6) is 11.5 Å². The molecule has 3 aromatic carbocycles. The second kappa shape index (κ2) is 14.1. The third-order valence-corrected chi connectivity index (χ3v) is 7.73. The van der Waals surface area contributed by atoms with Crippen LogP contribution in [0, 0.1) is 11.8 Å². The molecule has 7 heteroatoms. The van der Waals surface area contributed by atoms with E-state index in [2.05, 4.69) is 26.1 Å². The molecule has 1 aliphatic heterocycles. The van der Waals surface area contributed by atoms with Gasteiger partial charge in [0.25, 0.3) is 5.91 Å². The topological polar surface area (TPSA) is 56.8 Å². The highest BCUT2D eigenvalue weighted by molar-refractivity contribution is 6.35. The van der Waals surface area contributed by atoms with Crippen molar-refractivity contribution in [1.82, 2.24) is 0 Å². The van der Waals surface area contributed by atoms with Crippen molar-refractivity contribution < 1.29 is 19.0 Å². The summed E-state index contributed by atoms with van der Waals surface area (Å²) in [7, 11) is 0. The lowest BCUT2D eigenvalue weighted by Crippen LogP contribution is -2.31. The molecule has 4 rings (SSSR count). The van der Waals surface area contributed by atoms with E-state index in [1.54, 1.807) is 6.07 Å². The summed E-state index contributed by atoms with van der Waals surface area (Å²) in [5, 5.41) is 4.19. The van der Waals surface area contributed by atoms with Gasteiger partial charge in [0.15, 0.2) is 6.61 Å². The van der Waals surface area contributed by atoms with E-state index in [-0.39, 0.29) is 24.5 Å². The van der Waals surface area contributed by atoms with Crippen molar-refractivity contribution in [3.05, 3.63) is 87.9 Å². The molecule has 3 aromatic rings. The van der Waals surface area contributed by atoms with E-state index in [1.165, 1.54) is 0 Å². The monoisotopic (exact) mass is 569 g/mol. The molecule has 0 radical (unpaired) electrons. The zero-order valence-electron chi connectivity index (χ0n) is 22.8. The standard InChI is InChI=1S/C32H37Cl2NO4/c1-4-5-16-37-26-13-9-25(10-14-26)35-31(36)20-38-27-11-6-22(7-12-27)32-29(21(2)3)17-23(19-39-32)28-15-8-24(33)18-30(28)34/h6-15,18,21,23,29,32H,4-5,16-17,19-20H2,1-3H3,(H,35,36)/t23-,29-,32-/m0/s1. The number of carbonyl (C=O) groups is 1. The van der Waals surface area contributed by atoms with Crippen LogP contribution in [0.3, 0.4) is 0 Å². The van der Waals surface area contributed by atoms with Crippen LogP contribution in [0.1, 0.15) is 63.2 Å². The van der Waals surface area contributed by atoms with E-state index >= 15 is 0 Å². The fourth-order valence-electron chi connectivity index (χ4n) is 4.95. The van der Waals surface area contributed by atoms with Gasteiger partial charge in [0.2, 0.25) is 0 Å². The molecule has 0 spiro atoms. The quantitative estimate of drug-likeness (QED) is 0.234. The molecule has 1 N–H and O–H groups in total. The van der Waals surface area contributed by atoms with Crippen LogP contribution in [0.25, 0.3) is 0 Å². The molecule has 0 saturated carbocycles. The number of amides is 1. The normalized spacial score (nSPS) is 19.1. The van der Waals surface area contributed by atoms with Crippen LogP contribution in [-0.4, -0.2) is 25.7 Å². The first kappa shape index (κ1) is 29.3. The van der Waals surface area contributed by atoms with Gasteiger partial charge in [0.1, 0.15) is 11.5 Å². The average molecular weight is 571 g/mol. The maximum atomic E-state index is 12.4. The first-order valence-electron chi connectivity index (χ1n) is 13.7. The first-order chi connectivity index (χ1) is 18.8. The highest BCUT2D eigenvalue weighted by Gasteiger charge is 2.35. The smallest absolute Gasteiger partial charge is 0.262 e. The molecule has 0 bridgehead atoms. The highest BCUT2D eigenvalue weighted by Crippen LogP contribution is 2.45. The molecular weight excluding hydrogens is 533 g/mol.